The monoisotopic (exact) mass is 239 g/mol. The zero-order valence-corrected chi connectivity index (χ0v) is 10.4. The van der Waals surface area contributed by atoms with Crippen LogP contribution in [0.2, 0.25) is 0 Å². The van der Waals surface area contributed by atoms with Gasteiger partial charge in [0, 0.05) is 16.7 Å². The highest BCUT2D eigenvalue weighted by Gasteiger charge is 2.08. The second-order valence-corrected chi connectivity index (χ2v) is 5.75. The van der Waals surface area contributed by atoms with Crippen LogP contribution in [0.25, 0.3) is 9.88 Å². The molecule has 2 aromatic heterocycles. The lowest BCUT2D eigenvalue weighted by Gasteiger charge is -1.98. The molecular weight excluding hydrogens is 226 g/mol. The molecule has 0 saturated carbocycles. The van der Waals surface area contributed by atoms with E-state index in [4.69, 9.17) is 0 Å². The fourth-order valence-corrected chi connectivity index (χ4v) is 3.14. The number of aliphatic hydroxyl groups is 1. The summed E-state index contributed by atoms with van der Waals surface area (Å²) < 4.78 is 0. The summed E-state index contributed by atoms with van der Waals surface area (Å²) in [6.45, 7) is 3.88. The fourth-order valence-electron chi connectivity index (χ4n) is 1.37. The molecule has 1 atom stereocenters. The number of hydrogen-bond donors (Lipinski definition) is 1. The first-order chi connectivity index (χ1) is 7.15. The zero-order chi connectivity index (χ0) is 10.8. The maximum absolute atomic E-state index is 9.26. The van der Waals surface area contributed by atoms with E-state index in [0.29, 0.717) is 6.42 Å². The summed E-state index contributed by atoms with van der Waals surface area (Å²) >= 11 is 3.40. The Hall–Kier alpha value is -0.710. The predicted molar refractivity (Wildman–Crippen MR) is 65.5 cm³/mol. The second-order valence-electron chi connectivity index (χ2n) is 3.61. The number of aliphatic hydroxyl groups excluding tert-OH is 1. The minimum Gasteiger partial charge on any atom is -0.393 e. The molecule has 0 fully saturated rings. The van der Waals surface area contributed by atoms with Gasteiger partial charge in [0.15, 0.2) is 0 Å². The molecule has 0 spiro atoms. The number of rotatable bonds is 3. The van der Waals surface area contributed by atoms with E-state index < -0.39 is 0 Å². The van der Waals surface area contributed by atoms with E-state index in [-0.39, 0.29) is 6.10 Å². The summed E-state index contributed by atoms with van der Waals surface area (Å²) in [7, 11) is 0. The van der Waals surface area contributed by atoms with Gasteiger partial charge in [-0.2, -0.15) is 0 Å². The van der Waals surface area contributed by atoms with Crippen molar-refractivity contribution < 1.29 is 5.11 Å². The lowest BCUT2D eigenvalue weighted by Crippen LogP contribution is -2.03. The fraction of sp³-hybridized carbons (Fsp3) is 0.364. The molecule has 4 heteroatoms. The number of aryl methyl sites for hydroxylation is 1. The Labute approximate surface area is 97.2 Å². The smallest absolute Gasteiger partial charge is 0.133 e. The third kappa shape index (κ3) is 2.65. The molecule has 0 aromatic carbocycles. The van der Waals surface area contributed by atoms with Crippen molar-refractivity contribution in [2.45, 2.75) is 26.4 Å². The van der Waals surface area contributed by atoms with Crippen molar-refractivity contribution in [3.05, 3.63) is 28.1 Å². The van der Waals surface area contributed by atoms with Gasteiger partial charge in [0.25, 0.3) is 0 Å². The van der Waals surface area contributed by atoms with E-state index in [1.54, 1.807) is 29.6 Å². The normalized spacial score (nSPS) is 13.0. The van der Waals surface area contributed by atoms with Crippen molar-refractivity contribution >= 4 is 22.7 Å². The van der Waals surface area contributed by atoms with E-state index in [2.05, 4.69) is 24.0 Å². The van der Waals surface area contributed by atoms with E-state index in [1.807, 2.05) is 5.38 Å². The molecule has 1 unspecified atom stereocenters. The van der Waals surface area contributed by atoms with Gasteiger partial charge < -0.3 is 5.11 Å². The molecule has 0 saturated heterocycles. The molecule has 0 radical (unpaired) electrons. The largest absolute Gasteiger partial charge is 0.393 e. The SMILES string of the molecule is Cc1ccc(-c2nc(CC(C)O)cs2)s1. The van der Waals surface area contributed by atoms with Crippen LogP contribution in [0.3, 0.4) is 0 Å². The summed E-state index contributed by atoms with van der Waals surface area (Å²) in [5.41, 5.74) is 0.982. The molecule has 2 rings (SSSR count). The van der Waals surface area contributed by atoms with Gasteiger partial charge in [-0.15, -0.1) is 22.7 Å². The molecule has 2 nitrogen and oxygen atoms in total. The van der Waals surface area contributed by atoms with Crippen molar-refractivity contribution in [2.24, 2.45) is 0 Å². The van der Waals surface area contributed by atoms with Crippen LogP contribution in [0.15, 0.2) is 17.5 Å². The summed E-state index contributed by atoms with van der Waals surface area (Å²) in [6.07, 6.45) is 0.325. The maximum atomic E-state index is 9.26. The third-order valence-corrected chi connectivity index (χ3v) is 4.07. The van der Waals surface area contributed by atoms with Crippen LogP contribution in [0, 0.1) is 6.92 Å². The van der Waals surface area contributed by atoms with Gasteiger partial charge in [-0.05, 0) is 26.0 Å². The van der Waals surface area contributed by atoms with Crippen LogP contribution in [0.5, 0.6) is 0 Å². The first-order valence-electron chi connectivity index (χ1n) is 4.84. The van der Waals surface area contributed by atoms with Gasteiger partial charge in [0.2, 0.25) is 0 Å². The van der Waals surface area contributed by atoms with Crippen LogP contribution < -0.4 is 0 Å². The van der Waals surface area contributed by atoms with Gasteiger partial charge in [0.05, 0.1) is 16.7 Å². The molecule has 2 heterocycles. The molecule has 0 amide bonds. The number of hydrogen-bond acceptors (Lipinski definition) is 4. The van der Waals surface area contributed by atoms with Crippen LogP contribution in [-0.2, 0) is 6.42 Å². The van der Waals surface area contributed by atoms with Crippen molar-refractivity contribution in [1.82, 2.24) is 4.98 Å². The van der Waals surface area contributed by atoms with Crippen molar-refractivity contribution in [1.29, 1.82) is 0 Å². The zero-order valence-electron chi connectivity index (χ0n) is 8.73. The quantitative estimate of drug-likeness (QED) is 0.892. The molecule has 1 N–H and O–H groups in total. The van der Waals surface area contributed by atoms with Crippen LogP contribution >= 0.6 is 22.7 Å². The summed E-state index contributed by atoms with van der Waals surface area (Å²) in [5.74, 6) is 0. The minimum absolute atomic E-state index is 0.315. The Morgan fingerprint density at radius 2 is 2.27 bits per heavy atom. The highest BCUT2D eigenvalue weighted by Crippen LogP contribution is 2.30. The molecule has 0 bridgehead atoms. The molecular formula is C11H13NOS2. The van der Waals surface area contributed by atoms with Crippen LogP contribution in [-0.4, -0.2) is 16.2 Å². The average Bonchev–Trinajstić information content (AvgIpc) is 2.72. The standard InChI is InChI=1S/C11H13NOS2/c1-7(13)5-9-6-14-11(12-9)10-4-3-8(2)15-10/h3-4,6-7,13H,5H2,1-2H3. The van der Waals surface area contributed by atoms with Crippen molar-refractivity contribution in [3.8, 4) is 9.88 Å². The van der Waals surface area contributed by atoms with Gasteiger partial charge in [0.1, 0.15) is 5.01 Å². The van der Waals surface area contributed by atoms with Crippen LogP contribution in [0.4, 0.5) is 0 Å². The molecule has 0 aliphatic heterocycles. The first kappa shape index (κ1) is 10.8. The second kappa shape index (κ2) is 4.43. The Bertz CT molecular complexity index is 445. The maximum Gasteiger partial charge on any atom is 0.133 e. The molecule has 2 aromatic rings. The Kier molecular flexibility index (Phi) is 3.19. The number of nitrogens with zero attached hydrogens (tertiary/aromatic N) is 1. The van der Waals surface area contributed by atoms with Gasteiger partial charge >= 0.3 is 0 Å². The lowest BCUT2D eigenvalue weighted by molar-refractivity contribution is 0.194. The van der Waals surface area contributed by atoms with Gasteiger partial charge in [-0.25, -0.2) is 4.98 Å². The van der Waals surface area contributed by atoms with E-state index in [0.717, 1.165) is 10.7 Å². The molecule has 0 aliphatic carbocycles. The van der Waals surface area contributed by atoms with Crippen LogP contribution in [0.1, 0.15) is 17.5 Å². The summed E-state index contributed by atoms with van der Waals surface area (Å²) in [6, 6.07) is 4.21. The van der Waals surface area contributed by atoms with Crippen molar-refractivity contribution in [3.63, 3.8) is 0 Å². The number of thiophene rings is 1. The molecule has 80 valence electrons. The minimum atomic E-state index is -0.315. The average molecular weight is 239 g/mol. The van der Waals surface area contributed by atoms with Gasteiger partial charge in [-0.1, -0.05) is 0 Å². The Balaban J connectivity index is 2.20. The number of thiazole rings is 1. The first-order valence-corrected chi connectivity index (χ1v) is 6.54. The summed E-state index contributed by atoms with van der Waals surface area (Å²) in [4.78, 5) is 7.02. The van der Waals surface area contributed by atoms with Gasteiger partial charge in [-0.3, -0.25) is 0 Å². The van der Waals surface area contributed by atoms with E-state index >= 15 is 0 Å². The van der Waals surface area contributed by atoms with Crippen molar-refractivity contribution in [2.75, 3.05) is 0 Å². The summed E-state index contributed by atoms with van der Waals surface area (Å²) in [5, 5.41) is 12.3. The topological polar surface area (TPSA) is 33.1 Å². The van der Waals surface area contributed by atoms with E-state index in [9.17, 15) is 5.11 Å². The highest BCUT2D eigenvalue weighted by molar-refractivity contribution is 7.21. The predicted octanol–water partition coefficient (Wildman–Crippen LogP) is 3.10. The highest BCUT2D eigenvalue weighted by atomic mass is 32.1. The molecule has 15 heavy (non-hydrogen) atoms. The Morgan fingerprint density at radius 3 is 2.87 bits per heavy atom. The molecule has 0 aliphatic rings. The lowest BCUT2D eigenvalue weighted by atomic mass is 10.2. The van der Waals surface area contributed by atoms with E-state index in [1.165, 1.54) is 9.75 Å². The number of aromatic nitrogens is 1. The Morgan fingerprint density at radius 1 is 1.47 bits per heavy atom. The third-order valence-electron chi connectivity index (χ3n) is 2.01.